The van der Waals surface area contributed by atoms with E-state index in [0.29, 0.717) is 22.2 Å². The minimum Gasteiger partial charge on any atom is -0.457 e. The van der Waals surface area contributed by atoms with Crippen LogP contribution in [0.1, 0.15) is 18.2 Å². The van der Waals surface area contributed by atoms with Crippen LogP contribution in [0, 0.1) is 0 Å². The lowest BCUT2D eigenvalue weighted by molar-refractivity contribution is -0.137. The molecule has 8 heteroatoms. The summed E-state index contributed by atoms with van der Waals surface area (Å²) in [6, 6.07) is 8.24. The average molecular weight is 383 g/mol. The van der Waals surface area contributed by atoms with Gasteiger partial charge >= 0.3 is 6.18 Å². The van der Waals surface area contributed by atoms with E-state index in [2.05, 4.69) is 0 Å². The first-order chi connectivity index (χ1) is 11.8. The van der Waals surface area contributed by atoms with Crippen molar-refractivity contribution in [1.82, 2.24) is 4.90 Å². The summed E-state index contributed by atoms with van der Waals surface area (Å²) in [7, 11) is 0. The first-order valence-corrected chi connectivity index (χ1v) is 8.55. The summed E-state index contributed by atoms with van der Waals surface area (Å²) >= 11 is 6.21. The van der Waals surface area contributed by atoms with Gasteiger partial charge in [-0.3, -0.25) is 9.69 Å². The van der Waals surface area contributed by atoms with Gasteiger partial charge in [-0.15, -0.1) is 0 Å². The zero-order chi connectivity index (χ0) is 18.2. The number of alkyl halides is 3. The van der Waals surface area contributed by atoms with Crippen LogP contribution < -0.4 is 0 Å². The smallest absolute Gasteiger partial charge is 0.417 e. The summed E-state index contributed by atoms with van der Waals surface area (Å²) in [5.41, 5.74) is -0.797. The molecule has 1 aromatic carbocycles. The highest BCUT2D eigenvalue weighted by molar-refractivity contribution is 8.19. The third-order valence-electron chi connectivity index (χ3n) is 3.59. The van der Waals surface area contributed by atoms with Crippen LogP contribution in [0.4, 0.5) is 18.0 Å². The standard InChI is InChI=1S/C17H12F3NO2S2/c1-2-21-15(24)14(25-16(21)22)9-10-7-8-13(23-10)11-5-3-4-6-12(11)17(18,19)20/h3-9H,2H2,1H3/b14-9+. The Bertz CT molecular complexity index is 871. The molecule has 1 aliphatic rings. The number of likely N-dealkylation sites (N-methyl/N-ethyl adjacent to an activating group) is 1. The molecule has 2 aromatic rings. The fraction of sp³-hybridized carbons (Fsp3) is 0.176. The van der Waals surface area contributed by atoms with E-state index in [1.165, 1.54) is 29.2 Å². The van der Waals surface area contributed by atoms with Crippen LogP contribution in [0.5, 0.6) is 0 Å². The van der Waals surface area contributed by atoms with Gasteiger partial charge in [0.2, 0.25) is 0 Å². The van der Waals surface area contributed by atoms with E-state index in [1.807, 2.05) is 6.92 Å². The highest BCUT2D eigenvalue weighted by Gasteiger charge is 2.34. The van der Waals surface area contributed by atoms with E-state index < -0.39 is 11.7 Å². The molecule has 0 spiro atoms. The van der Waals surface area contributed by atoms with Crippen LogP contribution in [0.2, 0.25) is 0 Å². The molecule has 1 amide bonds. The van der Waals surface area contributed by atoms with Gasteiger partial charge in [0, 0.05) is 12.1 Å². The lowest BCUT2D eigenvalue weighted by Gasteiger charge is -2.10. The zero-order valence-corrected chi connectivity index (χ0v) is 14.6. The van der Waals surface area contributed by atoms with Crippen molar-refractivity contribution in [2.75, 3.05) is 6.54 Å². The maximum absolute atomic E-state index is 13.1. The molecule has 0 atom stereocenters. The van der Waals surface area contributed by atoms with Gasteiger partial charge in [-0.1, -0.05) is 30.4 Å². The third-order valence-corrected chi connectivity index (χ3v) is 5.08. The Balaban J connectivity index is 1.94. The molecule has 0 N–H and O–H groups in total. The Labute approximate surface area is 151 Å². The summed E-state index contributed by atoms with van der Waals surface area (Å²) in [5, 5.41) is -0.173. The number of hydrogen-bond donors (Lipinski definition) is 0. The normalized spacial score (nSPS) is 17.0. The molecule has 0 radical (unpaired) electrons. The SMILES string of the molecule is CCN1C(=O)S/C(=C/c2ccc(-c3ccccc3C(F)(F)F)o2)C1=S. The predicted molar refractivity (Wildman–Crippen MR) is 95.1 cm³/mol. The first-order valence-electron chi connectivity index (χ1n) is 7.33. The summed E-state index contributed by atoms with van der Waals surface area (Å²) in [4.78, 5) is 14.2. The van der Waals surface area contributed by atoms with E-state index in [1.54, 1.807) is 12.1 Å². The molecule has 0 aliphatic carbocycles. The van der Waals surface area contributed by atoms with Crippen molar-refractivity contribution in [3.63, 3.8) is 0 Å². The minimum atomic E-state index is -4.47. The van der Waals surface area contributed by atoms with Crippen LogP contribution in [0.25, 0.3) is 17.4 Å². The number of nitrogens with zero attached hydrogens (tertiary/aromatic N) is 1. The van der Waals surface area contributed by atoms with Gasteiger partial charge in [0.15, 0.2) is 0 Å². The van der Waals surface area contributed by atoms with Crippen molar-refractivity contribution in [1.29, 1.82) is 0 Å². The van der Waals surface area contributed by atoms with Crippen molar-refractivity contribution in [2.45, 2.75) is 13.1 Å². The number of hydrogen-bond acceptors (Lipinski definition) is 4. The van der Waals surface area contributed by atoms with Gasteiger partial charge in [0.05, 0.1) is 10.5 Å². The maximum Gasteiger partial charge on any atom is 0.417 e. The van der Waals surface area contributed by atoms with Crippen molar-refractivity contribution in [3.8, 4) is 11.3 Å². The van der Waals surface area contributed by atoms with Crippen molar-refractivity contribution in [2.24, 2.45) is 0 Å². The van der Waals surface area contributed by atoms with Gasteiger partial charge in [-0.2, -0.15) is 13.2 Å². The zero-order valence-electron chi connectivity index (χ0n) is 13.0. The fourth-order valence-electron chi connectivity index (χ4n) is 2.42. The second-order valence-corrected chi connectivity index (χ2v) is 6.55. The molecular formula is C17H12F3NO2S2. The number of rotatable bonds is 3. The highest BCUT2D eigenvalue weighted by atomic mass is 32.2. The van der Waals surface area contributed by atoms with Gasteiger partial charge in [0.25, 0.3) is 5.24 Å². The molecule has 2 heterocycles. The van der Waals surface area contributed by atoms with Gasteiger partial charge in [0.1, 0.15) is 16.5 Å². The Morgan fingerprint density at radius 2 is 1.96 bits per heavy atom. The Morgan fingerprint density at radius 3 is 2.60 bits per heavy atom. The predicted octanol–water partition coefficient (Wildman–Crippen LogP) is 5.82. The topological polar surface area (TPSA) is 33.5 Å². The number of carbonyl (C=O) groups excluding carboxylic acids is 1. The number of halogens is 3. The Kier molecular flexibility index (Phi) is 4.75. The molecule has 25 heavy (non-hydrogen) atoms. The number of carbonyl (C=O) groups is 1. The maximum atomic E-state index is 13.1. The van der Waals surface area contributed by atoms with Crippen LogP contribution in [0.15, 0.2) is 45.7 Å². The van der Waals surface area contributed by atoms with E-state index >= 15 is 0 Å². The number of thioether (sulfide) groups is 1. The van der Waals surface area contributed by atoms with Crippen molar-refractivity contribution in [3.05, 3.63) is 52.6 Å². The number of furan rings is 1. The second kappa shape index (κ2) is 6.68. The lowest BCUT2D eigenvalue weighted by Crippen LogP contribution is -2.26. The fourth-order valence-corrected chi connectivity index (χ4v) is 3.77. The van der Waals surface area contributed by atoms with Crippen LogP contribution in [-0.2, 0) is 6.18 Å². The molecule has 0 bridgehead atoms. The molecule has 1 aromatic heterocycles. The summed E-state index contributed by atoms with van der Waals surface area (Å²) in [6.45, 7) is 2.27. The molecule has 3 nitrogen and oxygen atoms in total. The van der Waals surface area contributed by atoms with Crippen molar-refractivity contribution < 1.29 is 22.4 Å². The molecular weight excluding hydrogens is 371 g/mol. The van der Waals surface area contributed by atoms with E-state index in [0.717, 1.165) is 17.8 Å². The van der Waals surface area contributed by atoms with E-state index in [-0.39, 0.29) is 16.6 Å². The molecule has 1 saturated heterocycles. The number of amides is 1. The molecule has 0 saturated carbocycles. The average Bonchev–Trinajstić information content (AvgIpc) is 3.12. The van der Waals surface area contributed by atoms with Gasteiger partial charge in [-0.25, -0.2) is 0 Å². The molecule has 1 fully saturated rings. The largest absolute Gasteiger partial charge is 0.457 e. The monoisotopic (exact) mass is 383 g/mol. The third kappa shape index (κ3) is 3.50. The number of benzene rings is 1. The minimum absolute atomic E-state index is 0.0347. The van der Waals surface area contributed by atoms with Crippen molar-refractivity contribution >= 4 is 40.3 Å². The van der Waals surface area contributed by atoms with Gasteiger partial charge < -0.3 is 4.42 Å². The van der Waals surface area contributed by atoms with E-state index in [9.17, 15) is 18.0 Å². The summed E-state index contributed by atoms with van der Waals surface area (Å²) < 4.78 is 44.9. The first kappa shape index (κ1) is 17.8. The lowest BCUT2D eigenvalue weighted by atomic mass is 10.1. The van der Waals surface area contributed by atoms with Crippen LogP contribution in [0.3, 0.4) is 0 Å². The number of thiocarbonyl (C=S) groups is 1. The van der Waals surface area contributed by atoms with Gasteiger partial charge in [-0.05, 0) is 43.0 Å². The molecule has 1 aliphatic heterocycles. The quantitative estimate of drug-likeness (QED) is 0.494. The molecule has 3 rings (SSSR count). The highest BCUT2D eigenvalue weighted by Crippen LogP contribution is 2.38. The second-order valence-electron chi connectivity index (χ2n) is 5.17. The molecule has 0 unspecified atom stereocenters. The Morgan fingerprint density at radius 1 is 1.24 bits per heavy atom. The van der Waals surface area contributed by atoms with Crippen LogP contribution in [-0.4, -0.2) is 21.7 Å². The molecule has 130 valence electrons. The van der Waals surface area contributed by atoms with Crippen LogP contribution >= 0.6 is 24.0 Å². The summed E-state index contributed by atoms with van der Waals surface area (Å²) in [6.07, 6.45) is -2.90. The summed E-state index contributed by atoms with van der Waals surface area (Å²) in [5.74, 6) is 0.440. The van der Waals surface area contributed by atoms with E-state index in [4.69, 9.17) is 16.6 Å². The Hall–Kier alpha value is -2.06.